The zero-order valence-electron chi connectivity index (χ0n) is 17.6. The van der Waals surface area contributed by atoms with E-state index in [-0.39, 0.29) is 0 Å². The molecule has 5 aromatic rings. The van der Waals surface area contributed by atoms with Gasteiger partial charge in [-0.15, -0.1) is 0 Å². The van der Waals surface area contributed by atoms with Crippen LogP contribution < -0.4 is 15.2 Å². The van der Waals surface area contributed by atoms with Crippen molar-refractivity contribution in [3.63, 3.8) is 0 Å². The highest BCUT2D eigenvalue weighted by Crippen LogP contribution is 2.28. The first-order valence-electron chi connectivity index (χ1n) is 10.2. The molecule has 0 unspecified atom stereocenters. The summed E-state index contributed by atoms with van der Waals surface area (Å²) in [5, 5.41) is 6.89. The monoisotopic (exact) mass is 390 g/mol. The molecule has 0 bridgehead atoms. The topological polar surface area (TPSA) is 17.0 Å². The van der Waals surface area contributed by atoms with Gasteiger partial charge in [-0.2, -0.15) is 0 Å². The Morgan fingerprint density at radius 1 is 0.900 bits per heavy atom. The maximum atomic E-state index is 6.46. The summed E-state index contributed by atoms with van der Waals surface area (Å²) in [6, 6.07) is 23.4. The van der Waals surface area contributed by atoms with Gasteiger partial charge in [-0.1, -0.05) is 49.1 Å². The van der Waals surface area contributed by atoms with Crippen LogP contribution in [-0.2, 0) is 7.05 Å². The van der Waals surface area contributed by atoms with Gasteiger partial charge in [-0.3, -0.25) is 0 Å². The van der Waals surface area contributed by atoms with Crippen molar-refractivity contribution in [2.45, 2.75) is 13.8 Å². The first kappa shape index (κ1) is 18.4. The van der Waals surface area contributed by atoms with Gasteiger partial charge < -0.3 is 4.42 Å². The van der Waals surface area contributed by atoms with E-state index in [0.717, 1.165) is 38.4 Å². The van der Waals surface area contributed by atoms with Crippen LogP contribution in [0.3, 0.4) is 0 Å². The summed E-state index contributed by atoms with van der Waals surface area (Å²) in [5.41, 5.74) is 5.05. The fourth-order valence-corrected chi connectivity index (χ4v) is 4.27. The third kappa shape index (κ3) is 2.76. The Kier molecular flexibility index (Phi) is 4.29. The molecular weight excluding hydrogens is 366 g/mol. The summed E-state index contributed by atoms with van der Waals surface area (Å²) in [7, 11) is 2.06. The van der Waals surface area contributed by atoms with E-state index in [4.69, 9.17) is 4.42 Å². The summed E-state index contributed by atoms with van der Waals surface area (Å²) in [6.45, 7) is 8.62. The van der Waals surface area contributed by atoms with Crippen molar-refractivity contribution in [2.75, 3.05) is 0 Å². The molecule has 0 N–H and O–H groups in total. The van der Waals surface area contributed by atoms with E-state index in [1.54, 1.807) is 0 Å². The fourth-order valence-electron chi connectivity index (χ4n) is 4.27. The highest BCUT2D eigenvalue weighted by molar-refractivity contribution is 6.11. The lowest BCUT2D eigenvalue weighted by atomic mass is 9.99. The lowest BCUT2D eigenvalue weighted by Crippen LogP contribution is -2.35. The average Bonchev–Trinajstić information content (AvgIpc) is 3.09. The number of allylic oxidation sites excluding steroid dienone is 2. The molecule has 2 heterocycles. The normalized spacial score (nSPS) is 13.4. The van der Waals surface area contributed by atoms with E-state index in [1.165, 1.54) is 21.5 Å². The Morgan fingerprint density at radius 2 is 1.67 bits per heavy atom. The Bertz CT molecular complexity index is 1580. The number of pyridine rings is 1. The van der Waals surface area contributed by atoms with Crippen LogP contribution in [0.5, 0.6) is 0 Å². The predicted octanol–water partition coefficient (Wildman–Crippen LogP) is 5.14. The highest BCUT2D eigenvalue weighted by Gasteiger charge is 2.18. The molecule has 0 aliphatic carbocycles. The molecule has 0 aliphatic heterocycles. The van der Waals surface area contributed by atoms with E-state index >= 15 is 0 Å². The highest BCUT2D eigenvalue weighted by atomic mass is 16.3. The number of hydrogen-bond donors (Lipinski definition) is 0. The Labute approximate surface area is 175 Å². The number of aromatic nitrogens is 1. The third-order valence-corrected chi connectivity index (χ3v) is 6.02. The number of hydrogen-bond acceptors (Lipinski definition) is 1. The van der Waals surface area contributed by atoms with Crippen molar-refractivity contribution in [1.29, 1.82) is 0 Å². The van der Waals surface area contributed by atoms with Gasteiger partial charge in [0.05, 0.1) is 5.57 Å². The summed E-state index contributed by atoms with van der Waals surface area (Å²) in [5.74, 6) is 0. The van der Waals surface area contributed by atoms with E-state index in [9.17, 15) is 0 Å². The zero-order valence-corrected chi connectivity index (χ0v) is 17.6. The van der Waals surface area contributed by atoms with Crippen LogP contribution in [0.2, 0.25) is 0 Å². The molecule has 0 atom stereocenters. The molecule has 0 saturated carbocycles. The summed E-state index contributed by atoms with van der Waals surface area (Å²) >= 11 is 0. The second-order valence-electron chi connectivity index (χ2n) is 7.81. The van der Waals surface area contributed by atoms with Crippen LogP contribution in [0.4, 0.5) is 0 Å². The lowest BCUT2D eigenvalue weighted by molar-refractivity contribution is -0.673. The van der Waals surface area contributed by atoms with Crippen LogP contribution in [-0.4, -0.2) is 0 Å². The van der Waals surface area contributed by atoms with Gasteiger partial charge in [0.25, 0.3) is 0 Å². The molecule has 0 saturated heterocycles. The molecule has 146 valence electrons. The SMILES string of the molecule is C=c1/c(=C(\C(C)=C/C)c2cccc[n+]2C)oc2cc3ccc4ccccc4c3cc12. The van der Waals surface area contributed by atoms with Gasteiger partial charge in [0, 0.05) is 22.7 Å². The van der Waals surface area contributed by atoms with Crippen molar-refractivity contribution < 1.29 is 8.98 Å². The van der Waals surface area contributed by atoms with Crippen molar-refractivity contribution in [1.82, 2.24) is 0 Å². The maximum Gasteiger partial charge on any atom is 0.216 e. The standard InChI is InChI=1S/C28H24NO/c1-5-18(2)27(25-12-8-9-15-29(25)4)28-19(3)23-17-24-21(16-26(23)30-28)14-13-20-10-6-7-11-22(20)24/h5-17H,3H2,1-2,4H3/q+1/b18-5-,28-27-. The molecular formula is C28H24NO+. The molecule has 0 amide bonds. The van der Waals surface area contributed by atoms with Gasteiger partial charge >= 0.3 is 0 Å². The summed E-state index contributed by atoms with van der Waals surface area (Å²) < 4.78 is 8.58. The zero-order chi connectivity index (χ0) is 20.8. The lowest BCUT2D eigenvalue weighted by Gasteiger charge is -2.04. The van der Waals surface area contributed by atoms with Crippen molar-refractivity contribution in [3.8, 4) is 0 Å². The summed E-state index contributed by atoms with van der Waals surface area (Å²) in [6.07, 6.45) is 4.18. The summed E-state index contributed by atoms with van der Waals surface area (Å²) in [4.78, 5) is 0. The molecule has 30 heavy (non-hydrogen) atoms. The van der Waals surface area contributed by atoms with Gasteiger partial charge in [0.2, 0.25) is 5.69 Å². The van der Waals surface area contributed by atoms with Crippen molar-refractivity contribution >= 4 is 44.7 Å². The van der Waals surface area contributed by atoms with Crippen LogP contribution in [0, 0.1) is 0 Å². The number of rotatable bonds is 2. The van der Waals surface area contributed by atoms with Crippen LogP contribution >= 0.6 is 0 Å². The Morgan fingerprint density at radius 3 is 2.47 bits per heavy atom. The Balaban J connectivity index is 1.95. The van der Waals surface area contributed by atoms with Gasteiger partial charge in [-0.25, -0.2) is 4.57 Å². The number of furan rings is 1. The van der Waals surface area contributed by atoms with Crippen molar-refractivity contribution in [3.05, 3.63) is 101 Å². The molecule has 0 fully saturated rings. The first-order valence-corrected chi connectivity index (χ1v) is 10.2. The van der Waals surface area contributed by atoms with Crippen molar-refractivity contribution in [2.24, 2.45) is 7.05 Å². The molecule has 2 aromatic heterocycles. The van der Waals surface area contributed by atoms with Crippen LogP contribution in [0.25, 0.3) is 44.7 Å². The average molecular weight is 391 g/mol. The van der Waals surface area contributed by atoms with Crippen LogP contribution in [0.1, 0.15) is 19.5 Å². The molecule has 5 rings (SSSR count). The number of benzene rings is 3. The van der Waals surface area contributed by atoms with Gasteiger partial charge in [0.15, 0.2) is 6.20 Å². The van der Waals surface area contributed by atoms with E-state index < -0.39 is 0 Å². The smallest absolute Gasteiger partial charge is 0.216 e. The Hall–Kier alpha value is -3.65. The number of fused-ring (bicyclic) bond motifs is 4. The second kappa shape index (κ2) is 7.00. The quantitative estimate of drug-likeness (QED) is 0.301. The van der Waals surface area contributed by atoms with Crippen LogP contribution in [0.15, 0.2) is 89.0 Å². The molecule has 2 heteroatoms. The minimum atomic E-state index is 0.835. The van der Waals surface area contributed by atoms with E-state index in [2.05, 4.69) is 105 Å². The maximum absolute atomic E-state index is 6.46. The molecule has 0 spiro atoms. The molecule has 0 aliphatic rings. The minimum absolute atomic E-state index is 0.835. The van der Waals surface area contributed by atoms with E-state index in [1.807, 2.05) is 6.07 Å². The third-order valence-electron chi connectivity index (χ3n) is 6.02. The first-order chi connectivity index (χ1) is 14.6. The number of aryl methyl sites for hydroxylation is 1. The molecule has 0 radical (unpaired) electrons. The van der Waals surface area contributed by atoms with E-state index in [0.29, 0.717) is 0 Å². The number of nitrogens with zero attached hydrogens (tertiary/aromatic N) is 1. The largest absolute Gasteiger partial charge is 0.455 e. The van der Waals surface area contributed by atoms with Gasteiger partial charge in [-0.05, 0) is 59.2 Å². The predicted molar refractivity (Wildman–Crippen MR) is 126 cm³/mol. The fraction of sp³-hybridized carbons (Fsp3) is 0.107. The van der Waals surface area contributed by atoms with Gasteiger partial charge in [0.1, 0.15) is 18.0 Å². The minimum Gasteiger partial charge on any atom is -0.455 e. The molecule has 3 aromatic carbocycles. The second-order valence-corrected chi connectivity index (χ2v) is 7.81. The molecule has 2 nitrogen and oxygen atoms in total.